The Labute approximate surface area is 161 Å². The number of carbonyl (C=O) groups excluding carboxylic acids is 1. The summed E-state index contributed by atoms with van der Waals surface area (Å²) in [6, 6.07) is 8.05. The molecule has 2 saturated heterocycles. The summed E-state index contributed by atoms with van der Waals surface area (Å²) in [6.07, 6.45) is 4.09. The van der Waals surface area contributed by atoms with E-state index in [2.05, 4.69) is 17.6 Å². The molecule has 1 aromatic rings. The molecule has 2 heterocycles. The first kappa shape index (κ1) is 19.5. The largest absolute Gasteiger partial charge is 0.484 e. The standard InChI is InChI=1S/C20H30N4O3/c1-4-21-20(23-17-11-16-8-9-18(17)27-16)22-12-14-6-5-7-15(10-14)26-13-19(25)24(2)3/h5-7,10,16-18H,4,8-9,11-13H2,1-3H3,(H2,21,22,23). The minimum absolute atomic E-state index is 0.0359. The van der Waals surface area contributed by atoms with Gasteiger partial charge in [-0.25, -0.2) is 4.99 Å². The van der Waals surface area contributed by atoms with Gasteiger partial charge in [0.1, 0.15) is 5.75 Å². The lowest BCUT2D eigenvalue weighted by Gasteiger charge is -2.22. The third-order valence-corrected chi connectivity index (χ3v) is 4.95. The first-order valence-corrected chi connectivity index (χ1v) is 9.67. The van der Waals surface area contributed by atoms with Crippen molar-refractivity contribution >= 4 is 11.9 Å². The number of nitrogens with one attached hydrogen (secondary N) is 2. The maximum Gasteiger partial charge on any atom is 0.259 e. The van der Waals surface area contributed by atoms with E-state index in [0.29, 0.717) is 30.5 Å². The van der Waals surface area contributed by atoms with Gasteiger partial charge in [-0.05, 0) is 43.9 Å². The highest BCUT2D eigenvalue weighted by molar-refractivity contribution is 5.80. The lowest BCUT2D eigenvalue weighted by Crippen LogP contribution is -2.47. The Morgan fingerprint density at radius 1 is 1.37 bits per heavy atom. The fourth-order valence-corrected chi connectivity index (χ4v) is 3.46. The van der Waals surface area contributed by atoms with E-state index in [-0.39, 0.29) is 12.5 Å². The molecule has 0 saturated carbocycles. The van der Waals surface area contributed by atoms with E-state index in [1.807, 2.05) is 24.3 Å². The van der Waals surface area contributed by atoms with Gasteiger partial charge in [0.25, 0.3) is 5.91 Å². The van der Waals surface area contributed by atoms with E-state index >= 15 is 0 Å². The predicted octanol–water partition coefficient (Wildman–Crippen LogP) is 1.53. The Morgan fingerprint density at radius 3 is 2.89 bits per heavy atom. The van der Waals surface area contributed by atoms with Gasteiger partial charge in [0.05, 0.1) is 24.8 Å². The second-order valence-electron chi connectivity index (χ2n) is 7.28. The number of hydrogen-bond donors (Lipinski definition) is 2. The van der Waals surface area contributed by atoms with Gasteiger partial charge in [-0.1, -0.05) is 12.1 Å². The number of benzene rings is 1. The van der Waals surface area contributed by atoms with Crippen LogP contribution >= 0.6 is 0 Å². The summed E-state index contributed by atoms with van der Waals surface area (Å²) in [6.45, 7) is 3.44. The van der Waals surface area contributed by atoms with Crippen molar-refractivity contribution in [3.05, 3.63) is 29.8 Å². The summed E-state index contributed by atoms with van der Waals surface area (Å²) in [7, 11) is 3.43. The molecule has 3 rings (SSSR count). The zero-order valence-corrected chi connectivity index (χ0v) is 16.4. The smallest absolute Gasteiger partial charge is 0.259 e. The zero-order valence-electron chi connectivity index (χ0n) is 16.4. The number of likely N-dealkylation sites (N-methyl/N-ethyl adjacent to an activating group) is 1. The molecular formula is C20H30N4O3. The van der Waals surface area contributed by atoms with Crippen LogP contribution in [0.2, 0.25) is 0 Å². The van der Waals surface area contributed by atoms with Crippen LogP contribution in [-0.4, -0.2) is 62.3 Å². The van der Waals surface area contributed by atoms with Crippen molar-refractivity contribution < 1.29 is 14.3 Å². The normalized spacial score (nSPS) is 24.0. The Morgan fingerprint density at radius 2 is 2.22 bits per heavy atom. The Balaban J connectivity index is 1.57. The van der Waals surface area contributed by atoms with Crippen LogP contribution in [0.5, 0.6) is 5.75 Å². The minimum atomic E-state index is -0.0647. The number of rotatable bonds is 7. The fourth-order valence-electron chi connectivity index (χ4n) is 3.46. The molecule has 148 valence electrons. The molecular weight excluding hydrogens is 344 g/mol. The van der Waals surface area contributed by atoms with Crippen LogP contribution in [-0.2, 0) is 16.1 Å². The maximum atomic E-state index is 11.7. The SMILES string of the molecule is CCNC(=NCc1cccc(OCC(=O)N(C)C)c1)NC1CC2CCC1O2. The molecule has 7 heteroatoms. The quantitative estimate of drug-likeness (QED) is 0.559. The van der Waals surface area contributed by atoms with E-state index in [1.54, 1.807) is 14.1 Å². The summed E-state index contributed by atoms with van der Waals surface area (Å²) in [5.74, 6) is 1.43. The van der Waals surface area contributed by atoms with Gasteiger partial charge in [-0.2, -0.15) is 0 Å². The molecule has 0 radical (unpaired) electrons. The summed E-state index contributed by atoms with van der Waals surface area (Å²) in [4.78, 5) is 17.9. The molecule has 7 nitrogen and oxygen atoms in total. The molecule has 2 aliphatic rings. The van der Waals surface area contributed by atoms with Crippen LogP contribution in [0.4, 0.5) is 0 Å². The third-order valence-electron chi connectivity index (χ3n) is 4.95. The highest BCUT2D eigenvalue weighted by Crippen LogP contribution is 2.34. The number of amides is 1. The highest BCUT2D eigenvalue weighted by atomic mass is 16.5. The molecule has 2 aliphatic heterocycles. The summed E-state index contributed by atoms with van der Waals surface area (Å²) in [5.41, 5.74) is 1.03. The number of nitrogens with zero attached hydrogens (tertiary/aromatic N) is 2. The molecule has 1 aromatic carbocycles. The average molecular weight is 374 g/mol. The van der Waals surface area contributed by atoms with E-state index in [9.17, 15) is 4.79 Å². The molecule has 0 aromatic heterocycles. The molecule has 2 fully saturated rings. The van der Waals surface area contributed by atoms with Crippen molar-refractivity contribution in [2.24, 2.45) is 4.99 Å². The van der Waals surface area contributed by atoms with E-state index in [4.69, 9.17) is 14.5 Å². The van der Waals surface area contributed by atoms with Gasteiger partial charge < -0.3 is 25.0 Å². The van der Waals surface area contributed by atoms with Gasteiger partial charge >= 0.3 is 0 Å². The Kier molecular flexibility index (Phi) is 6.55. The van der Waals surface area contributed by atoms with Gasteiger partial charge in [-0.15, -0.1) is 0 Å². The van der Waals surface area contributed by atoms with Crippen molar-refractivity contribution in [3.8, 4) is 5.75 Å². The fraction of sp³-hybridized carbons (Fsp3) is 0.600. The van der Waals surface area contributed by atoms with Gasteiger partial charge in [0, 0.05) is 20.6 Å². The number of carbonyl (C=O) groups is 1. The van der Waals surface area contributed by atoms with Crippen LogP contribution in [0.3, 0.4) is 0 Å². The second kappa shape index (κ2) is 9.08. The van der Waals surface area contributed by atoms with Crippen LogP contribution in [0.25, 0.3) is 0 Å². The van der Waals surface area contributed by atoms with Crippen LogP contribution in [0, 0.1) is 0 Å². The molecule has 2 bridgehead atoms. The first-order valence-electron chi connectivity index (χ1n) is 9.67. The lowest BCUT2D eigenvalue weighted by molar-refractivity contribution is -0.130. The molecule has 1 amide bonds. The molecule has 3 atom stereocenters. The van der Waals surface area contributed by atoms with E-state index < -0.39 is 0 Å². The van der Waals surface area contributed by atoms with E-state index in [1.165, 1.54) is 11.3 Å². The predicted molar refractivity (Wildman–Crippen MR) is 105 cm³/mol. The van der Waals surface area contributed by atoms with Crippen molar-refractivity contribution in [2.45, 2.75) is 51.0 Å². The third kappa shape index (κ3) is 5.35. The van der Waals surface area contributed by atoms with Crippen molar-refractivity contribution in [1.82, 2.24) is 15.5 Å². The molecule has 0 aliphatic carbocycles. The molecule has 27 heavy (non-hydrogen) atoms. The minimum Gasteiger partial charge on any atom is -0.484 e. The van der Waals surface area contributed by atoms with Crippen LogP contribution < -0.4 is 15.4 Å². The molecule has 3 unspecified atom stereocenters. The van der Waals surface area contributed by atoms with Crippen molar-refractivity contribution in [3.63, 3.8) is 0 Å². The van der Waals surface area contributed by atoms with Crippen molar-refractivity contribution in [2.75, 3.05) is 27.2 Å². The summed E-state index contributed by atoms with van der Waals surface area (Å²) >= 11 is 0. The lowest BCUT2D eigenvalue weighted by atomic mass is 9.96. The molecule has 2 N–H and O–H groups in total. The monoisotopic (exact) mass is 374 g/mol. The Bertz CT molecular complexity index is 677. The van der Waals surface area contributed by atoms with E-state index in [0.717, 1.165) is 30.9 Å². The molecule has 0 spiro atoms. The highest BCUT2D eigenvalue weighted by Gasteiger charge is 2.41. The number of aliphatic imine (C=N–C) groups is 1. The maximum absolute atomic E-state index is 11.7. The van der Waals surface area contributed by atoms with Gasteiger partial charge in [-0.3, -0.25) is 4.79 Å². The number of guanidine groups is 1. The Hall–Kier alpha value is -2.28. The number of fused-ring (bicyclic) bond motifs is 2. The second-order valence-corrected chi connectivity index (χ2v) is 7.28. The van der Waals surface area contributed by atoms with Gasteiger partial charge in [0.2, 0.25) is 0 Å². The topological polar surface area (TPSA) is 75.2 Å². The zero-order chi connectivity index (χ0) is 19.2. The average Bonchev–Trinajstić information content (AvgIpc) is 3.27. The summed E-state index contributed by atoms with van der Waals surface area (Å²) < 4.78 is 11.5. The first-order chi connectivity index (χ1) is 13.0. The summed E-state index contributed by atoms with van der Waals surface area (Å²) in [5, 5.41) is 6.83. The number of ether oxygens (including phenoxy) is 2. The van der Waals surface area contributed by atoms with Crippen LogP contribution in [0.1, 0.15) is 31.7 Å². The van der Waals surface area contributed by atoms with Gasteiger partial charge in [0.15, 0.2) is 12.6 Å². The van der Waals surface area contributed by atoms with Crippen molar-refractivity contribution in [1.29, 1.82) is 0 Å². The van der Waals surface area contributed by atoms with Crippen LogP contribution in [0.15, 0.2) is 29.3 Å². The number of hydrogen-bond acceptors (Lipinski definition) is 4.